The number of hydrogen-bond donors (Lipinski definition) is 0. The van der Waals surface area contributed by atoms with Crippen molar-refractivity contribution in [2.24, 2.45) is 10.1 Å². The first-order valence-electron chi connectivity index (χ1n) is 10.5. The summed E-state index contributed by atoms with van der Waals surface area (Å²) in [5.41, 5.74) is 1.55. The molecule has 0 spiro atoms. The first-order valence-corrected chi connectivity index (χ1v) is 11.4. The van der Waals surface area contributed by atoms with Crippen LogP contribution in [0.25, 0.3) is 0 Å². The number of ether oxygens (including phenoxy) is 2. The summed E-state index contributed by atoms with van der Waals surface area (Å²) in [6.45, 7) is 5.85. The summed E-state index contributed by atoms with van der Waals surface area (Å²) in [6, 6.07) is 5.72. The Morgan fingerprint density at radius 3 is 2.61 bits per heavy atom. The number of methoxy groups -OCH3 is 1. The van der Waals surface area contributed by atoms with Crippen molar-refractivity contribution in [3.63, 3.8) is 0 Å². The number of amides is 1. The van der Waals surface area contributed by atoms with Gasteiger partial charge in [0.2, 0.25) is 11.8 Å². The van der Waals surface area contributed by atoms with Crippen molar-refractivity contribution in [2.45, 2.75) is 6.92 Å². The van der Waals surface area contributed by atoms with Gasteiger partial charge in [0.15, 0.2) is 0 Å². The van der Waals surface area contributed by atoms with Crippen molar-refractivity contribution >= 4 is 46.4 Å². The summed E-state index contributed by atoms with van der Waals surface area (Å²) in [5.74, 6) is 1.22. The van der Waals surface area contributed by atoms with E-state index in [1.807, 2.05) is 30.0 Å². The molecule has 1 aromatic rings. The highest BCUT2D eigenvalue weighted by Gasteiger charge is 2.23. The second-order valence-electron chi connectivity index (χ2n) is 6.98. The van der Waals surface area contributed by atoms with Gasteiger partial charge in [0.25, 0.3) is 0 Å². The molecule has 0 unspecified atom stereocenters. The average Bonchev–Trinajstić information content (AvgIpc) is 2.88. The minimum Gasteiger partial charge on any atom is -0.495 e. The molecule has 0 aliphatic carbocycles. The van der Waals surface area contributed by atoms with Gasteiger partial charge in [-0.25, -0.2) is 4.99 Å². The third-order valence-electron chi connectivity index (χ3n) is 5.06. The summed E-state index contributed by atoms with van der Waals surface area (Å²) < 4.78 is 10.8. The normalized spacial score (nSPS) is 15.7. The molecule has 8 nitrogen and oxygen atoms in total. The third kappa shape index (κ3) is 7.31. The van der Waals surface area contributed by atoms with Crippen LogP contribution < -0.4 is 9.64 Å². The number of benzene rings is 1. The van der Waals surface area contributed by atoms with E-state index in [9.17, 15) is 4.79 Å². The summed E-state index contributed by atoms with van der Waals surface area (Å²) in [6.07, 6.45) is 11.5. The Hall–Kier alpha value is -2.89. The van der Waals surface area contributed by atoms with Crippen molar-refractivity contribution in [3.8, 4) is 18.6 Å². The molecule has 0 bridgehead atoms. The molecule has 0 radical (unpaired) electrons. The molecule has 10 heteroatoms. The lowest BCUT2D eigenvalue weighted by Crippen LogP contribution is -2.51. The Balaban J connectivity index is 0.00000187. The van der Waals surface area contributed by atoms with Crippen LogP contribution in [0.2, 0.25) is 5.02 Å². The van der Waals surface area contributed by atoms with Crippen LogP contribution in [-0.2, 0) is 9.53 Å². The Morgan fingerprint density at radius 1 is 1.30 bits per heavy atom. The van der Waals surface area contributed by atoms with Crippen LogP contribution in [0.3, 0.4) is 0 Å². The van der Waals surface area contributed by atoms with Crippen LogP contribution in [0, 0.1) is 12.8 Å². The minimum atomic E-state index is 0.0271. The van der Waals surface area contributed by atoms with Gasteiger partial charge in [-0.15, -0.1) is 24.4 Å². The molecule has 1 aromatic carbocycles. The zero-order valence-corrected chi connectivity index (χ0v) is 20.4. The van der Waals surface area contributed by atoms with Crippen molar-refractivity contribution in [1.82, 2.24) is 9.91 Å². The number of nitrogens with zero attached hydrogens (tertiary/aromatic N) is 5. The van der Waals surface area contributed by atoms with E-state index >= 15 is 0 Å². The molecule has 0 saturated carbocycles. The van der Waals surface area contributed by atoms with E-state index in [1.165, 1.54) is 0 Å². The van der Waals surface area contributed by atoms with Gasteiger partial charge < -0.3 is 19.3 Å². The van der Waals surface area contributed by atoms with Gasteiger partial charge in [-0.1, -0.05) is 11.6 Å². The maximum Gasteiger partial charge on any atom is 0.243 e. The largest absolute Gasteiger partial charge is 0.495 e. The number of carbonyl (C=O) groups is 1. The van der Waals surface area contributed by atoms with Gasteiger partial charge in [-0.2, -0.15) is 5.10 Å². The van der Waals surface area contributed by atoms with Gasteiger partial charge in [0.05, 0.1) is 18.0 Å². The molecule has 33 heavy (non-hydrogen) atoms. The number of hydrazone groups is 1. The van der Waals surface area contributed by atoms with Gasteiger partial charge >= 0.3 is 0 Å². The standard InChI is InChI=1S/C21H27Cl2N5O3.C2H2/c1-3-28(25-18(14-22)21-24-7-4-12-31-21)15-20(29)27-10-8-26(9-11-27)16-5-6-17(23)19(13-16)30-2;1-2/h4-7,13H,3,8-12,14-15H2,1-2H3;1-2H/b25-18+;. The molecule has 178 valence electrons. The van der Waals surface area contributed by atoms with Crippen molar-refractivity contribution in [2.75, 3.05) is 63.8 Å². The minimum absolute atomic E-state index is 0.0271. The lowest BCUT2D eigenvalue weighted by Gasteiger charge is -2.37. The fraction of sp³-hybridized carbons (Fsp3) is 0.435. The highest BCUT2D eigenvalue weighted by atomic mass is 35.5. The van der Waals surface area contributed by atoms with Crippen LogP contribution in [0.1, 0.15) is 6.92 Å². The summed E-state index contributed by atoms with van der Waals surface area (Å²) >= 11 is 12.2. The van der Waals surface area contributed by atoms with Crippen molar-refractivity contribution < 1.29 is 14.3 Å². The van der Waals surface area contributed by atoms with Crippen LogP contribution >= 0.6 is 23.2 Å². The van der Waals surface area contributed by atoms with E-state index in [4.69, 9.17) is 32.7 Å². The second-order valence-corrected chi connectivity index (χ2v) is 7.65. The molecule has 1 fully saturated rings. The number of rotatable bonds is 8. The molecular weight excluding hydrogens is 465 g/mol. The van der Waals surface area contributed by atoms with Gasteiger partial charge in [-0.3, -0.25) is 9.80 Å². The second kappa shape index (κ2) is 13.6. The maximum absolute atomic E-state index is 12.9. The van der Waals surface area contributed by atoms with Gasteiger partial charge in [0.1, 0.15) is 24.6 Å². The Kier molecular flexibility index (Phi) is 10.9. The maximum atomic E-state index is 12.9. The number of carbonyl (C=O) groups excluding carboxylic acids is 1. The number of anilines is 1. The first-order chi connectivity index (χ1) is 16.0. The fourth-order valence-electron chi connectivity index (χ4n) is 3.32. The number of aliphatic imine (C=N–C) groups is 1. The van der Waals surface area contributed by atoms with Gasteiger partial charge in [0, 0.05) is 50.7 Å². The summed E-state index contributed by atoms with van der Waals surface area (Å²) in [4.78, 5) is 21.1. The van der Waals surface area contributed by atoms with E-state index in [1.54, 1.807) is 24.4 Å². The average molecular weight is 494 g/mol. The van der Waals surface area contributed by atoms with Crippen LogP contribution in [-0.4, -0.2) is 86.3 Å². The Bertz CT molecular complexity index is 909. The zero-order valence-electron chi connectivity index (χ0n) is 18.9. The summed E-state index contributed by atoms with van der Waals surface area (Å²) in [5, 5.41) is 6.78. The molecule has 3 rings (SSSR count). The lowest BCUT2D eigenvalue weighted by molar-refractivity contribution is -0.132. The number of likely N-dealkylation sites (N-methyl/N-ethyl adjacent to an activating group) is 1. The molecule has 1 saturated heterocycles. The molecule has 1 amide bonds. The van der Waals surface area contributed by atoms with E-state index < -0.39 is 0 Å². The molecule has 0 atom stereocenters. The smallest absolute Gasteiger partial charge is 0.243 e. The van der Waals surface area contributed by atoms with Crippen molar-refractivity contribution in [3.05, 3.63) is 35.5 Å². The van der Waals surface area contributed by atoms with Crippen molar-refractivity contribution in [1.29, 1.82) is 0 Å². The fourth-order valence-corrected chi connectivity index (χ4v) is 3.68. The molecule has 2 heterocycles. The predicted molar refractivity (Wildman–Crippen MR) is 135 cm³/mol. The molecule has 0 aromatic heterocycles. The van der Waals surface area contributed by atoms with Crippen LogP contribution in [0.5, 0.6) is 5.75 Å². The molecule has 2 aliphatic rings. The van der Waals surface area contributed by atoms with E-state index in [2.05, 4.69) is 27.8 Å². The lowest BCUT2D eigenvalue weighted by atomic mass is 10.2. The summed E-state index contributed by atoms with van der Waals surface area (Å²) in [7, 11) is 1.60. The number of hydrogen-bond acceptors (Lipinski definition) is 7. The van der Waals surface area contributed by atoms with E-state index in [-0.39, 0.29) is 18.3 Å². The molecular formula is C23H29Cl2N5O3. The third-order valence-corrected chi connectivity index (χ3v) is 5.63. The predicted octanol–water partition coefficient (Wildman–Crippen LogP) is 3.11. The topological polar surface area (TPSA) is 70.0 Å². The van der Waals surface area contributed by atoms with Crippen LogP contribution in [0.4, 0.5) is 5.69 Å². The van der Waals surface area contributed by atoms with E-state index in [0.29, 0.717) is 48.6 Å². The Morgan fingerprint density at radius 2 is 2.03 bits per heavy atom. The number of terminal acetylenes is 1. The number of halogens is 2. The highest BCUT2D eigenvalue weighted by molar-refractivity contribution is 6.49. The molecule has 0 N–H and O–H groups in total. The zero-order chi connectivity index (χ0) is 24.2. The SMILES string of the molecule is C#C.CCN(CC(=O)N1CCN(c2ccc(Cl)c(OC)c2)CC1)/N=C(\CCl)C1=NC=CCO1. The Labute approximate surface area is 205 Å². The number of alkyl halides is 1. The van der Waals surface area contributed by atoms with E-state index in [0.717, 1.165) is 18.8 Å². The monoisotopic (exact) mass is 493 g/mol. The van der Waals surface area contributed by atoms with Crippen LogP contribution in [0.15, 0.2) is 40.6 Å². The number of piperazine rings is 1. The quantitative estimate of drug-likeness (QED) is 0.241. The first kappa shape index (κ1) is 26.4. The van der Waals surface area contributed by atoms with Gasteiger partial charge in [-0.05, 0) is 25.1 Å². The molecule has 2 aliphatic heterocycles. The highest BCUT2D eigenvalue weighted by Crippen LogP contribution is 2.29.